The first-order valence-corrected chi connectivity index (χ1v) is 9.57. The van der Waals surface area contributed by atoms with Crippen LogP contribution in [0, 0.1) is 0 Å². The third-order valence-electron chi connectivity index (χ3n) is 4.21. The van der Waals surface area contributed by atoms with Crippen LogP contribution in [0.25, 0.3) is 0 Å². The molecule has 0 N–H and O–H groups in total. The number of benzene rings is 2. The van der Waals surface area contributed by atoms with Gasteiger partial charge in [-0.1, -0.05) is 48.5 Å². The van der Waals surface area contributed by atoms with E-state index in [0.29, 0.717) is 36.4 Å². The third-order valence-corrected chi connectivity index (χ3v) is 5.07. The molecule has 0 bridgehead atoms. The van der Waals surface area contributed by atoms with Gasteiger partial charge in [0.25, 0.3) is 5.91 Å². The van der Waals surface area contributed by atoms with Crippen molar-refractivity contribution >= 4 is 23.0 Å². The van der Waals surface area contributed by atoms with Crippen LogP contribution in [0.5, 0.6) is 0 Å². The zero-order valence-electron chi connectivity index (χ0n) is 15.1. The summed E-state index contributed by atoms with van der Waals surface area (Å²) >= 11 is 1.62. The fourth-order valence-electron chi connectivity index (χ4n) is 2.75. The molecule has 5 heteroatoms. The second-order valence-electron chi connectivity index (χ2n) is 6.07. The Morgan fingerprint density at radius 3 is 2.19 bits per heavy atom. The van der Waals surface area contributed by atoms with Crippen molar-refractivity contribution in [3.05, 3.63) is 93.7 Å². The molecule has 0 spiro atoms. The highest BCUT2D eigenvalue weighted by Crippen LogP contribution is 2.16. The number of amides is 1. The quantitative estimate of drug-likeness (QED) is 0.549. The van der Waals surface area contributed by atoms with Gasteiger partial charge in [0.1, 0.15) is 0 Å². The first kappa shape index (κ1) is 19.0. The Kier molecular flexibility index (Phi) is 6.52. The maximum atomic E-state index is 12.9. The Bertz CT molecular complexity index is 874. The fraction of sp³-hybridized carbons (Fsp3) is 0.182. The van der Waals surface area contributed by atoms with E-state index in [0.717, 1.165) is 4.88 Å². The van der Waals surface area contributed by atoms with Gasteiger partial charge in [0.2, 0.25) is 0 Å². The zero-order chi connectivity index (χ0) is 19.1. The predicted octanol–water partition coefficient (Wildman–Crippen LogP) is 4.27. The van der Waals surface area contributed by atoms with Crippen LogP contribution < -0.4 is 0 Å². The lowest BCUT2D eigenvalue weighted by Crippen LogP contribution is -2.33. The van der Waals surface area contributed by atoms with E-state index in [1.807, 2.05) is 35.7 Å². The van der Waals surface area contributed by atoms with Crippen molar-refractivity contribution in [2.45, 2.75) is 6.54 Å². The van der Waals surface area contributed by atoms with Gasteiger partial charge in [0.15, 0.2) is 5.78 Å². The number of ketones is 1. The van der Waals surface area contributed by atoms with E-state index >= 15 is 0 Å². The maximum absolute atomic E-state index is 12.9. The Morgan fingerprint density at radius 2 is 1.56 bits per heavy atom. The molecule has 138 valence electrons. The summed E-state index contributed by atoms with van der Waals surface area (Å²) in [6.07, 6.45) is 0. The lowest BCUT2D eigenvalue weighted by atomic mass is 10.0. The number of methoxy groups -OCH3 is 1. The van der Waals surface area contributed by atoms with Crippen LogP contribution in [0.2, 0.25) is 0 Å². The van der Waals surface area contributed by atoms with E-state index in [2.05, 4.69) is 0 Å². The number of nitrogens with zero attached hydrogens (tertiary/aromatic N) is 1. The molecule has 3 rings (SSSR count). The molecule has 0 atom stereocenters. The number of carbonyl (C=O) groups excluding carboxylic acids is 2. The molecule has 1 amide bonds. The van der Waals surface area contributed by atoms with Crippen molar-refractivity contribution in [1.29, 1.82) is 0 Å². The van der Waals surface area contributed by atoms with Crippen LogP contribution in [0.15, 0.2) is 72.1 Å². The van der Waals surface area contributed by atoms with Gasteiger partial charge in [-0.2, -0.15) is 0 Å². The van der Waals surface area contributed by atoms with Gasteiger partial charge in [0.05, 0.1) is 13.2 Å². The molecule has 1 heterocycles. The number of hydrogen-bond acceptors (Lipinski definition) is 4. The molecule has 3 aromatic rings. The summed E-state index contributed by atoms with van der Waals surface area (Å²) in [5.41, 5.74) is 1.77. The highest BCUT2D eigenvalue weighted by molar-refractivity contribution is 7.09. The smallest absolute Gasteiger partial charge is 0.254 e. The molecular formula is C22H21NO3S. The average molecular weight is 379 g/mol. The van der Waals surface area contributed by atoms with Gasteiger partial charge in [-0.05, 0) is 23.6 Å². The molecular weight excluding hydrogens is 358 g/mol. The molecule has 0 saturated carbocycles. The minimum absolute atomic E-state index is 0.0515. The zero-order valence-corrected chi connectivity index (χ0v) is 15.9. The normalized spacial score (nSPS) is 10.6. The van der Waals surface area contributed by atoms with E-state index in [1.54, 1.807) is 59.7 Å². The van der Waals surface area contributed by atoms with Crippen LogP contribution in [-0.2, 0) is 11.3 Å². The molecule has 27 heavy (non-hydrogen) atoms. The Balaban J connectivity index is 1.75. The molecule has 0 fully saturated rings. The van der Waals surface area contributed by atoms with E-state index in [-0.39, 0.29) is 11.7 Å². The van der Waals surface area contributed by atoms with Crippen LogP contribution in [0.4, 0.5) is 0 Å². The lowest BCUT2D eigenvalue weighted by Gasteiger charge is -2.22. The first-order chi connectivity index (χ1) is 13.2. The molecule has 0 aliphatic heterocycles. The Hall–Kier alpha value is -2.76. The monoisotopic (exact) mass is 379 g/mol. The van der Waals surface area contributed by atoms with Gasteiger partial charge in [-0.3, -0.25) is 9.59 Å². The van der Waals surface area contributed by atoms with Crippen LogP contribution in [0.3, 0.4) is 0 Å². The van der Waals surface area contributed by atoms with E-state index in [4.69, 9.17) is 4.74 Å². The molecule has 0 saturated heterocycles. The number of carbonyl (C=O) groups is 2. The van der Waals surface area contributed by atoms with Crippen molar-refractivity contribution in [3.63, 3.8) is 0 Å². The van der Waals surface area contributed by atoms with Crippen molar-refractivity contribution in [2.75, 3.05) is 20.3 Å². The standard InChI is InChI=1S/C22H21NO3S/c1-26-14-13-23(16-20-8-5-15-27-20)22(25)19-11-9-18(10-12-19)21(24)17-6-3-2-4-7-17/h2-12,15H,13-14,16H2,1H3. The second kappa shape index (κ2) is 9.26. The SMILES string of the molecule is COCCN(Cc1cccs1)C(=O)c1ccc(C(=O)c2ccccc2)cc1. The Labute approximate surface area is 163 Å². The van der Waals surface area contributed by atoms with Crippen molar-refractivity contribution < 1.29 is 14.3 Å². The number of rotatable bonds is 8. The molecule has 0 aliphatic rings. The summed E-state index contributed by atoms with van der Waals surface area (Å²) in [7, 11) is 1.62. The van der Waals surface area contributed by atoms with Gasteiger partial charge < -0.3 is 9.64 Å². The minimum Gasteiger partial charge on any atom is -0.383 e. The highest BCUT2D eigenvalue weighted by Gasteiger charge is 2.17. The van der Waals surface area contributed by atoms with E-state index < -0.39 is 0 Å². The molecule has 4 nitrogen and oxygen atoms in total. The first-order valence-electron chi connectivity index (χ1n) is 8.69. The third kappa shape index (κ3) is 4.90. The topological polar surface area (TPSA) is 46.6 Å². The second-order valence-corrected chi connectivity index (χ2v) is 7.10. The summed E-state index contributed by atoms with van der Waals surface area (Å²) in [5, 5.41) is 2.00. The summed E-state index contributed by atoms with van der Waals surface area (Å²) in [4.78, 5) is 28.3. The van der Waals surface area contributed by atoms with Gasteiger partial charge in [-0.25, -0.2) is 0 Å². The van der Waals surface area contributed by atoms with Crippen molar-refractivity contribution in [2.24, 2.45) is 0 Å². The van der Waals surface area contributed by atoms with Gasteiger partial charge >= 0.3 is 0 Å². The fourth-order valence-corrected chi connectivity index (χ4v) is 3.47. The predicted molar refractivity (Wildman–Crippen MR) is 107 cm³/mol. The van der Waals surface area contributed by atoms with E-state index in [9.17, 15) is 9.59 Å². The van der Waals surface area contributed by atoms with Crippen LogP contribution >= 0.6 is 11.3 Å². The summed E-state index contributed by atoms with van der Waals surface area (Å²) < 4.78 is 5.14. The average Bonchev–Trinajstić information content (AvgIpc) is 3.24. The maximum Gasteiger partial charge on any atom is 0.254 e. The van der Waals surface area contributed by atoms with Crippen molar-refractivity contribution in [1.82, 2.24) is 4.90 Å². The van der Waals surface area contributed by atoms with Crippen LogP contribution in [-0.4, -0.2) is 36.9 Å². The molecule has 2 aromatic carbocycles. The summed E-state index contributed by atoms with van der Waals surface area (Å²) in [6.45, 7) is 1.53. The summed E-state index contributed by atoms with van der Waals surface area (Å²) in [5.74, 6) is -0.122. The van der Waals surface area contributed by atoms with Gasteiger partial charge in [0, 0.05) is 35.2 Å². The largest absolute Gasteiger partial charge is 0.383 e. The lowest BCUT2D eigenvalue weighted by molar-refractivity contribution is 0.0682. The molecule has 0 aliphatic carbocycles. The summed E-state index contributed by atoms with van der Waals surface area (Å²) in [6, 6.07) is 20.0. The number of thiophene rings is 1. The molecule has 0 unspecified atom stereocenters. The Morgan fingerprint density at radius 1 is 0.889 bits per heavy atom. The number of hydrogen-bond donors (Lipinski definition) is 0. The minimum atomic E-state index is -0.0702. The van der Waals surface area contributed by atoms with Crippen LogP contribution in [0.1, 0.15) is 31.2 Å². The molecule has 1 aromatic heterocycles. The molecule has 0 radical (unpaired) electrons. The van der Waals surface area contributed by atoms with E-state index in [1.165, 1.54) is 0 Å². The highest BCUT2D eigenvalue weighted by atomic mass is 32.1. The number of ether oxygens (including phenoxy) is 1. The van der Waals surface area contributed by atoms with Gasteiger partial charge in [-0.15, -0.1) is 11.3 Å². The van der Waals surface area contributed by atoms with Crippen molar-refractivity contribution in [3.8, 4) is 0 Å².